The number of hydrogen-bond donors (Lipinski definition) is 1. The van der Waals surface area contributed by atoms with Crippen LogP contribution in [-0.4, -0.2) is 12.6 Å². The first-order valence-corrected chi connectivity index (χ1v) is 6.27. The van der Waals surface area contributed by atoms with Crippen LogP contribution in [0.3, 0.4) is 0 Å². The van der Waals surface area contributed by atoms with Crippen LogP contribution in [0.2, 0.25) is 0 Å². The van der Waals surface area contributed by atoms with E-state index in [2.05, 4.69) is 42.8 Å². The molecule has 0 radical (unpaired) electrons. The topological polar surface area (TPSA) is 35.2 Å². The van der Waals surface area contributed by atoms with Crippen LogP contribution < -0.4 is 10.5 Å². The van der Waals surface area contributed by atoms with Crippen molar-refractivity contribution in [2.45, 2.75) is 32.7 Å². The van der Waals surface area contributed by atoms with E-state index >= 15 is 0 Å². The number of rotatable bonds is 4. The largest absolute Gasteiger partial charge is 0.496 e. The number of ether oxygens (including phenoxy) is 1. The fraction of sp³-hybridized carbons (Fsp3) is 0.538. The van der Waals surface area contributed by atoms with Gasteiger partial charge in [0.05, 0.1) is 7.11 Å². The van der Waals surface area contributed by atoms with Crippen LogP contribution in [-0.2, 0) is 6.42 Å². The number of benzene rings is 1. The van der Waals surface area contributed by atoms with Crippen LogP contribution in [0.5, 0.6) is 5.75 Å². The smallest absolute Gasteiger partial charge is 0.122 e. The predicted molar refractivity (Wildman–Crippen MR) is 71.8 cm³/mol. The van der Waals surface area contributed by atoms with Crippen LogP contribution in [0.15, 0.2) is 22.7 Å². The summed E-state index contributed by atoms with van der Waals surface area (Å²) < 4.78 is 6.41. The number of methoxy groups -OCH3 is 1. The van der Waals surface area contributed by atoms with Gasteiger partial charge in [0, 0.05) is 10.0 Å². The van der Waals surface area contributed by atoms with Gasteiger partial charge in [-0.25, -0.2) is 0 Å². The molecule has 2 nitrogen and oxygen atoms in total. The first kappa shape index (κ1) is 13.5. The maximum Gasteiger partial charge on any atom is 0.122 e. The third-order valence-corrected chi connectivity index (χ3v) is 3.63. The van der Waals surface area contributed by atoms with Crippen LogP contribution in [0, 0.1) is 5.92 Å². The van der Waals surface area contributed by atoms with Gasteiger partial charge in [-0.1, -0.05) is 29.8 Å². The molecule has 16 heavy (non-hydrogen) atoms. The molecular weight excluding hydrogens is 266 g/mol. The monoisotopic (exact) mass is 285 g/mol. The minimum atomic E-state index is -0.214. The predicted octanol–water partition coefficient (Wildman–Crippen LogP) is 3.37. The molecule has 0 aromatic heterocycles. The molecule has 1 rings (SSSR count). The molecule has 0 fully saturated rings. The van der Waals surface area contributed by atoms with Crippen molar-refractivity contribution in [3.05, 3.63) is 28.2 Å². The van der Waals surface area contributed by atoms with Gasteiger partial charge in [0.1, 0.15) is 5.75 Å². The third-order valence-electron chi connectivity index (χ3n) is 3.13. The van der Waals surface area contributed by atoms with Crippen molar-refractivity contribution in [1.29, 1.82) is 0 Å². The summed E-state index contributed by atoms with van der Waals surface area (Å²) in [7, 11) is 1.69. The Balaban J connectivity index is 2.99. The van der Waals surface area contributed by atoms with E-state index in [1.54, 1.807) is 7.11 Å². The van der Waals surface area contributed by atoms with Gasteiger partial charge in [-0.15, -0.1) is 0 Å². The van der Waals surface area contributed by atoms with Gasteiger partial charge in [0.25, 0.3) is 0 Å². The molecule has 1 atom stereocenters. The first-order chi connectivity index (χ1) is 7.36. The van der Waals surface area contributed by atoms with Crippen molar-refractivity contribution < 1.29 is 4.74 Å². The van der Waals surface area contributed by atoms with Crippen LogP contribution in [0.4, 0.5) is 0 Å². The van der Waals surface area contributed by atoms with Crippen LogP contribution in [0.25, 0.3) is 0 Å². The summed E-state index contributed by atoms with van der Waals surface area (Å²) in [5.41, 5.74) is 7.23. The molecule has 0 saturated heterocycles. The van der Waals surface area contributed by atoms with Gasteiger partial charge in [-0.2, -0.15) is 0 Å². The molecule has 90 valence electrons. The van der Waals surface area contributed by atoms with E-state index in [1.165, 1.54) is 0 Å². The van der Waals surface area contributed by atoms with E-state index in [0.717, 1.165) is 22.2 Å². The Morgan fingerprint density at radius 1 is 1.44 bits per heavy atom. The average Bonchev–Trinajstić information content (AvgIpc) is 2.17. The van der Waals surface area contributed by atoms with Crippen molar-refractivity contribution in [3.63, 3.8) is 0 Å². The van der Waals surface area contributed by atoms with E-state index < -0.39 is 0 Å². The molecule has 0 spiro atoms. The molecule has 1 aromatic rings. The molecular formula is C13H20BrNO. The molecule has 0 saturated carbocycles. The Bertz CT molecular complexity index is 361. The summed E-state index contributed by atoms with van der Waals surface area (Å²) in [6.45, 7) is 6.37. The second-order valence-corrected chi connectivity index (χ2v) is 5.71. The summed E-state index contributed by atoms with van der Waals surface area (Å²) in [5, 5.41) is 0. The Hall–Kier alpha value is -0.540. The van der Waals surface area contributed by atoms with Crippen molar-refractivity contribution in [2.24, 2.45) is 11.7 Å². The Morgan fingerprint density at radius 3 is 2.56 bits per heavy atom. The van der Waals surface area contributed by atoms with E-state index in [9.17, 15) is 0 Å². The summed E-state index contributed by atoms with van der Waals surface area (Å²) in [5.74, 6) is 1.33. The second kappa shape index (κ2) is 5.19. The summed E-state index contributed by atoms with van der Waals surface area (Å²) >= 11 is 3.47. The minimum Gasteiger partial charge on any atom is -0.496 e. The van der Waals surface area contributed by atoms with E-state index in [-0.39, 0.29) is 5.54 Å². The minimum absolute atomic E-state index is 0.214. The molecule has 0 aliphatic carbocycles. The van der Waals surface area contributed by atoms with Gasteiger partial charge in [-0.3, -0.25) is 0 Å². The van der Waals surface area contributed by atoms with Crippen molar-refractivity contribution in [3.8, 4) is 5.75 Å². The van der Waals surface area contributed by atoms with E-state index in [4.69, 9.17) is 10.5 Å². The number of halogens is 1. The van der Waals surface area contributed by atoms with Crippen molar-refractivity contribution >= 4 is 15.9 Å². The summed E-state index contributed by atoms with van der Waals surface area (Å²) in [6, 6.07) is 6.02. The lowest BCUT2D eigenvalue weighted by molar-refractivity contribution is 0.330. The molecule has 0 amide bonds. The van der Waals surface area contributed by atoms with Gasteiger partial charge in [0.2, 0.25) is 0 Å². The highest BCUT2D eigenvalue weighted by Gasteiger charge is 2.24. The maximum atomic E-state index is 6.29. The average molecular weight is 286 g/mol. The molecule has 0 bridgehead atoms. The zero-order valence-electron chi connectivity index (χ0n) is 10.4. The number of nitrogens with two attached hydrogens (primary N) is 1. The number of hydrogen-bond acceptors (Lipinski definition) is 2. The van der Waals surface area contributed by atoms with Crippen LogP contribution >= 0.6 is 15.9 Å². The molecule has 1 aromatic carbocycles. The summed E-state index contributed by atoms with van der Waals surface area (Å²) in [4.78, 5) is 0. The van der Waals surface area contributed by atoms with E-state index in [1.807, 2.05) is 12.1 Å². The Morgan fingerprint density at radius 2 is 2.06 bits per heavy atom. The highest BCUT2D eigenvalue weighted by molar-refractivity contribution is 9.10. The zero-order valence-corrected chi connectivity index (χ0v) is 12.0. The third kappa shape index (κ3) is 3.22. The van der Waals surface area contributed by atoms with Crippen LogP contribution in [0.1, 0.15) is 26.3 Å². The molecule has 0 aliphatic rings. The molecule has 3 heteroatoms. The fourth-order valence-electron chi connectivity index (χ4n) is 1.50. The normalized spacial score (nSPS) is 14.9. The quantitative estimate of drug-likeness (QED) is 0.921. The molecule has 2 N–H and O–H groups in total. The maximum absolute atomic E-state index is 6.29. The molecule has 0 aliphatic heterocycles. The zero-order chi connectivity index (χ0) is 12.3. The van der Waals surface area contributed by atoms with Gasteiger partial charge in [-0.05, 0) is 43.0 Å². The molecule has 0 heterocycles. The van der Waals surface area contributed by atoms with E-state index in [0.29, 0.717) is 5.92 Å². The molecule has 1 unspecified atom stereocenters. The lowest BCUT2D eigenvalue weighted by atomic mass is 9.83. The fourth-order valence-corrected chi connectivity index (χ4v) is 1.91. The van der Waals surface area contributed by atoms with Crippen molar-refractivity contribution in [1.82, 2.24) is 0 Å². The lowest BCUT2D eigenvalue weighted by Gasteiger charge is -2.30. The first-order valence-electron chi connectivity index (χ1n) is 5.48. The lowest BCUT2D eigenvalue weighted by Crippen LogP contribution is -2.43. The van der Waals surface area contributed by atoms with Gasteiger partial charge in [0.15, 0.2) is 0 Å². The van der Waals surface area contributed by atoms with Gasteiger partial charge >= 0.3 is 0 Å². The Kier molecular flexibility index (Phi) is 4.39. The SMILES string of the molecule is COc1ccc(Br)cc1CC(C)(N)C(C)C. The van der Waals surface area contributed by atoms with Gasteiger partial charge < -0.3 is 10.5 Å². The van der Waals surface area contributed by atoms with Crippen molar-refractivity contribution in [2.75, 3.05) is 7.11 Å². The summed E-state index contributed by atoms with van der Waals surface area (Å²) in [6.07, 6.45) is 0.813. The Labute approximate surface area is 106 Å². The standard InChI is InChI=1S/C13H20BrNO/c1-9(2)13(3,15)8-10-7-11(14)5-6-12(10)16-4/h5-7,9H,8,15H2,1-4H3. The highest BCUT2D eigenvalue weighted by Crippen LogP contribution is 2.28. The second-order valence-electron chi connectivity index (χ2n) is 4.79. The highest BCUT2D eigenvalue weighted by atomic mass is 79.9.